The van der Waals surface area contributed by atoms with Gasteiger partial charge in [-0.05, 0) is 51.3 Å². The summed E-state index contributed by atoms with van der Waals surface area (Å²) in [6.07, 6.45) is 0. The first-order valence-corrected chi connectivity index (χ1v) is 6.35. The van der Waals surface area contributed by atoms with Gasteiger partial charge in [-0.3, -0.25) is 0 Å². The highest BCUT2D eigenvalue weighted by atomic mass is 79.9. The highest BCUT2D eigenvalue weighted by Gasteiger charge is 2.11. The summed E-state index contributed by atoms with van der Waals surface area (Å²) in [5.41, 5.74) is 14.7. The summed E-state index contributed by atoms with van der Waals surface area (Å²) in [5.74, 6) is 0.790. The van der Waals surface area contributed by atoms with Crippen molar-refractivity contribution in [1.82, 2.24) is 0 Å². The van der Waals surface area contributed by atoms with Crippen LogP contribution in [0.4, 0.5) is 5.69 Å². The molecule has 2 aromatic carbocycles. The molecule has 0 amide bonds. The average Bonchev–Trinajstić information content (AvgIpc) is 2.37. The standard InChI is InChI=1S/C14H15BrN2O/c1-18-13-6-5-10(8-12(13)15)14(17)9-3-2-4-11(16)7-9/h2-8,14H,16-17H2,1H3. The Labute approximate surface area is 115 Å². The minimum absolute atomic E-state index is 0.198. The van der Waals surface area contributed by atoms with Crippen molar-refractivity contribution in [3.8, 4) is 5.75 Å². The maximum atomic E-state index is 6.23. The molecule has 1 atom stereocenters. The molecule has 2 aromatic rings. The first kappa shape index (κ1) is 12.9. The van der Waals surface area contributed by atoms with E-state index < -0.39 is 0 Å². The molecule has 2 rings (SSSR count). The van der Waals surface area contributed by atoms with Crippen molar-refractivity contribution in [2.45, 2.75) is 6.04 Å². The van der Waals surface area contributed by atoms with E-state index in [4.69, 9.17) is 16.2 Å². The third-order valence-corrected chi connectivity index (χ3v) is 3.42. The molecule has 0 bridgehead atoms. The van der Waals surface area contributed by atoms with Crippen LogP contribution in [0.15, 0.2) is 46.9 Å². The molecule has 0 aliphatic carbocycles. The smallest absolute Gasteiger partial charge is 0.133 e. The number of benzene rings is 2. The van der Waals surface area contributed by atoms with E-state index in [1.165, 1.54) is 0 Å². The Bertz CT molecular complexity index is 557. The molecule has 0 aromatic heterocycles. The number of anilines is 1. The fourth-order valence-corrected chi connectivity index (χ4v) is 2.38. The molecule has 0 saturated carbocycles. The lowest BCUT2D eigenvalue weighted by Crippen LogP contribution is -2.12. The van der Waals surface area contributed by atoms with E-state index in [-0.39, 0.29) is 6.04 Å². The molecular formula is C14H15BrN2O. The van der Waals surface area contributed by atoms with Crippen molar-refractivity contribution in [2.24, 2.45) is 5.73 Å². The van der Waals surface area contributed by atoms with Gasteiger partial charge < -0.3 is 16.2 Å². The lowest BCUT2D eigenvalue weighted by atomic mass is 9.99. The summed E-state index contributed by atoms with van der Waals surface area (Å²) >= 11 is 3.46. The van der Waals surface area contributed by atoms with Crippen LogP contribution in [0.25, 0.3) is 0 Å². The Balaban J connectivity index is 2.34. The number of halogens is 1. The average molecular weight is 307 g/mol. The summed E-state index contributed by atoms with van der Waals surface area (Å²) < 4.78 is 6.09. The third-order valence-electron chi connectivity index (χ3n) is 2.80. The van der Waals surface area contributed by atoms with Gasteiger partial charge in [0.05, 0.1) is 17.6 Å². The maximum absolute atomic E-state index is 6.23. The first-order chi connectivity index (χ1) is 8.61. The number of nitrogens with two attached hydrogens (primary N) is 2. The Kier molecular flexibility index (Phi) is 3.89. The number of rotatable bonds is 3. The fraction of sp³-hybridized carbons (Fsp3) is 0.143. The van der Waals surface area contributed by atoms with Gasteiger partial charge in [0.2, 0.25) is 0 Å². The largest absolute Gasteiger partial charge is 0.496 e. The van der Waals surface area contributed by atoms with Crippen LogP contribution >= 0.6 is 15.9 Å². The van der Waals surface area contributed by atoms with Crippen molar-refractivity contribution in [1.29, 1.82) is 0 Å². The van der Waals surface area contributed by atoms with E-state index in [0.717, 1.165) is 27.0 Å². The van der Waals surface area contributed by atoms with E-state index in [2.05, 4.69) is 15.9 Å². The Morgan fingerprint density at radius 2 is 1.83 bits per heavy atom. The normalized spacial score (nSPS) is 12.2. The van der Waals surface area contributed by atoms with Crippen molar-refractivity contribution in [3.05, 3.63) is 58.1 Å². The Morgan fingerprint density at radius 3 is 2.44 bits per heavy atom. The van der Waals surface area contributed by atoms with E-state index in [9.17, 15) is 0 Å². The molecule has 0 radical (unpaired) electrons. The van der Waals surface area contributed by atoms with Crippen LogP contribution in [-0.4, -0.2) is 7.11 Å². The predicted molar refractivity (Wildman–Crippen MR) is 77.6 cm³/mol. The molecule has 0 heterocycles. The molecule has 0 fully saturated rings. The zero-order valence-corrected chi connectivity index (χ0v) is 11.6. The first-order valence-electron chi connectivity index (χ1n) is 5.56. The van der Waals surface area contributed by atoms with Crippen LogP contribution in [0.2, 0.25) is 0 Å². The van der Waals surface area contributed by atoms with Gasteiger partial charge in [-0.25, -0.2) is 0 Å². The monoisotopic (exact) mass is 306 g/mol. The predicted octanol–water partition coefficient (Wildman–Crippen LogP) is 3.09. The molecule has 0 aliphatic heterocycles. The second-order valence-corrected chi connectivity index (χ2v) is 4.90. The van der Waals surface area contributed by atoms with Crippen LogP contribution in [0.5, 0.6) is 5.75 Å². The molecule has 0 saturated heterocycles. The number of methoxy groups -OCH3 is 1. The highest BCUT2D eigenvalue weighted by Crippen LogP contribution is 2.29. The molecule has 4 heteroatoms. The number of hydrogen-bond acceptors (Lipinski definition) is 3. The molecule has 0 spiro atoms. The van der Waals surface area contributed by atoms with Gasteiger partial charge >= 0.3 is 0 Å². The summed E-state index contributed by atoms with van der Waals surface area (Å²) in [4.78, 5) is 0. The molecule has 94 valence electrons. The van der Waals surface area contributed by atoms with Gasteiger partial charge in [-0.1, -0.05) is 18.2 Å². The molecule has 18 heavy (non-hydrogen) atoms. The van der Waals surface area contributed by atoms with Gasteiger partial charge in [-0.2, -0.15) is 0 Å². The van der Waals surface area contributed by atoms with E-state index in [1.54, 1.807) is 7.11 Å². The molecule has 4 N–H and O–H groups in total. The maximum Gasteiger partial charge on any atom is 0.133 e. The number of ether oxygens (including phenoxy) is 1. The highest BCUT2D eigenvalue weighted by molar-refractivity contribution is 9.10. The van der Waals surface area contributed by atoms with Crippen LogP contribution in [0.1, 0.15) is 17.2 Å². The summed E-state index contributed by atoms with van der Waals surface area (Å²) in [6.45, 7) is 0. The van der Waals surface area contributed by atoms with E-state index in [1.807, 2.05) is 42.5 Å². The SMILES string of the molecule is COc1ccc(C(N)c2cccc(N)c2)cc1Br. The van der Waals surface area contributed by atoms with Gasteiger partial charge in [0.1, 0.15) is 5.75 Å². The zero-order chi connectivity index (χ0) is 13.1. The molecule has 0 aliphatic rings. The van der Waals surface area contributed by atoms with Gasteiger partial charge in [-0.15, -0.1) is 0 Å². The molecule has 3 nitrogen and oxygen atoms in total. The van der Waals surface area contributed by atoms with Crippen LogP contribution < -0.4 is 16.2 Å². The van der Waals surface area contributed by atoms with Gasteiger partial charge in [0.15, 0.2) is 0 Å². The summed E-state index contributed by atoms with van der Waals surface area (Å²) in [5, 5.41) is 0. The van der Waals surface area contributed by atoms with Crippen LogP contribution in [0.3, 0.4) is 0 Å². The number of nitrogen functional groups attached to an aromatic ring is 1. The minimum Gasteiger partial charge on any atom is -0.496 e. The van der Waals surface area contributed by atoms with Crippen LogP contribution in [0, 0.1) is 0 Å². The Morgan fingerprint density at radius 1 is 1.11 bits per heavy atom. The lowest BCUT2D eigenvalue weighted by Gasteiger charge is -2.14. The fourth-order valence-electron chi connectivity index (χ4n) is 1.82. The van der Waals surface area contributed by atoms with Gasteiger partial charge in [0.25, 0.3) is 0 Å². The summed E-state index contributed by atoms with van der Waals surface area (Å²) in [6, 6.07) is 13.2. The molecule has 1 unspecified atom stereocenters. The summed E-state index contributed by atoms with van der Waals surface area (Å²) in [7, 11) is 1.64. The van der Waals surface area contributed by atoms with Crippen molar-refractivity contribution in [3.63, 3.8) is 0 Å². The lowest BCUT2D eigenvalue weighted by molar-refractivity contribution is 0.412. The Hall–Kier alpha value is -1.52. The van der Waals surface area contributed by atoms with Crippen molar-refractivity contribution >= 4 is 21.6 Å². The zero-order valence-electron chi connectivity index (χ0n) is 10.1. The number of hydrogen-bond donors (Lipinski definition) is 2. The molecular weight excluding hydrogens is 292 g/mol. The van der Waals surface area contributed by atoms with Crippen molar-refractivity contribution in [2.75, 3.05) is 12.8 Å². The van der Waals surface area contributed by atoms with E-state index in [0.29, 0.717) is 0 Å². The van der Waals surface area contributed by atoms with Crippen LogP contribution in [-0.2, 0) is 0 Å². The third kappa shape index (κ3) is 2.66. The minimum atomic E-state index is -0.198. The second-order valence-electron chi connectivity index (χ2n) is 4.04. The van der Waals surface area contributed by atoms with E-state index >= 15 is 0 Å². The topological polar surface area (TPSA) is 61.3 Å². The second kappa shape index (κ2) is 5.42. The quantitative estimate of drug-likeness (QED) is 0.857. The van der Waals surface area contributed by atoms with Gasteiger partial charge in [0, 0.05) is 5.69 Å². The van der Waals surface area contributed by atoms with Crippen molar-refractivity contribution < 1.29 is 4.74 Å².